The van der Waals surface area contributed by atoms with Crippen LogP contribution >= 0.6 is 11.6 Å². The molecule has 0 atom stereocenters. The summed E-state index contributed by atoms with van der Waals surface area (Å²) in [6.45, 7) is 0. The third-order valence-corrected chi connectivity index (χ3v) is 4.35. The summed E-state index contributed by atoms with van der Waals surface area (Å²) in [5.74, 6) is -2.00. The predicted molar refractivity (Wildman–Crippen MR) is 109 cm³/mol. The molecule has 0 aliphatic carbocycles. The molecule has 0 bridgehead atoms. The number of benzene rings is 3. The summed E-state index contributed by atoms with van der Waals surface area (Å²) in [6, 6.07) is 19.1. The van der Waals surface area contributed by atoms with Crippen LogP contribution in [-0.2, 0) is 11.2 Å². The lowest BCUT2D eigenvalue weighted by molar-refractivity contribution is -0.255. The number of nitrogens with one attached hydrogen (secondary N) is 2. The molecule has 0 heterocycles. The number of hydrogen-bond donors (Lipinski definition) is 2. The van der Waals surface area contributed by atoms with Gasteiger partial charge in [-0.1, -0.05) is 48.0 Å². The smallest absolute Gasteiger partial charge is 0.257 e. The van der Waals surface area contributed by atoms with Gasteiger partial charge in [0.05, 0.1) is 23.6 Å². The van der Waals surface area contributed by atoms with Crippen molar-refractivity contribution in [1.82, 2.24) is 0 Å². The highest BCUT2D eigenvalue weighted by molar-refractivity contribution is 6.30. The minimum absolute atomic E-state index is 0.0119. The Morgan fingerprint density at radius 2 is 1.48 bits per heavy atom. The third-order valence-electron chi connectivity index (χ3n) is 4.10. The van der Waals surface area contributed by atoms with E-state index in [2.05, 4.69) is 10.6 Å². The molecule has 0 radical (unpaired) electrons. The second-order valence-electron chi connectivity index (χ2n) is 6.22. The van der Waals surface area contributed by atoms with Gasteiger partial charge in [0, 0.05) is 10.7 Å². The van der Waals surface area contributed by atoms with Crippen LogP contribution < -0.4 is 15.7 Å². The van der Waals surface area contributed by atoms with E-state index in [1.165, 1.54) is 24.3 Å². The molecule has 2 N–H and O–H groups in total. The Bertz CT molecular complexity index is 1050. The molecule has 0 saturated heterocycles. The summed E-state index contributed by atoms with van der Waals surface area (Å²) < 4.78 is 0. The maximum absolute atomic E-state index is 12.6. The van der Waals surface area contributed by atoms with Crippen LogP contribution in [0, 0.1) is 0 Å². The molecule has 146 valence electrons. The Kier molecular flexibility index (Phi) is 6.26. The molecule has 6 nitrogen and oxygen atoms in total. The number of rotatable bonds is 6. The van der Waals surface area contributed by atoms with E-state index in [1.54, 1.807) is 48.5 Å². The molecular formula is C22H16ClN2O4-. The highest BCUT2D eigenvalue weighted by Crippen LogP contribution is 2.19. The number of halogens is 1. The lowest BCUT2D eigenvalue weighted by Crippen LogP contribution is -2.22. The van der Waals surface area contributed by atoms with Crippen molar-refractivity contribution in [3.63, 3.8) is 0 Å². The Labute approximate surface area is 172 Å². The molecule has 7 heteroatoms. The number of para-hydroxylation sites is 1. The first-order valence-corrected chi connectivity index (χ1v) is 9.06. The van der Waals surface area contributed by atoms with Crippen molar-refractivity contribution in [2.75, 3.05) is 10.6 Å². The second-order valence-corrected chi connectivity index (χ2v) is 6.65. The third kappa shape index (κ3) is 5.43. The van der Waals surface area contributed by atoms with E-state index < -0.39 is 11.9 Å². The summed E-state index contributed by atoms with van der Waals surface area (Å²) in [4.78, 5) is 35.8. The Hall–Kier alpha value is -3.64. The Morgan fingerprint density at radius 1 is 0.828 bits per heavy atom. The van der Waals surface area contributed by atoms with Crippen LogP contribution in [0.1, 0.15) is 26.3 Å². The lowest BCUT2D eigenvalue weighted by Gasteiger charge is -2.12. The average Bonchev–Trinajstić information content (AvgIpc) is 2.70. The fraction of sp³-hybridized carbons (Fsp3) is 0.0455. The number of hydrogen-bond acceptors (Lipinski definition) is 4. The molecule has 3 aromatic rings. The fourth-order valence-corrected chi connectivity index (χ4v) is 2.79. The molecule has 0 aliphatic rings. The zero-order chi connectivity index (χ0) is 20.8. The van der Waals surface area contributed by atoms with Gasteiger partial charge in [0.15, 0.2) is 0 Å². The predicted octanol–water partition coefficient (Wildman–Crippen LogP) is 3.14. The standard InChI is InChI=1S/C22H17ClN2O4/c23-16-9-5-14(6-10-16)13-20(26)25-19-4-2-1-3-18(19)21(27)24-17-11-7-15(8-12-17)22(28)29/h1-12H,13H2,(H,24,27)(H,25,26)(H,28,29)/p-1. The van der Waals surface area contributed by atoms with Gasteiger partial charge in [0.2, 0.25) is 5.91 Å². The molecule has 2 amide bonds. The van der Waals surface area contributed by atoms with Crippen LogP contribution in [0.5, 0.6) is 0 Å². The topological polar surface area (TPSA) is 98.3 Å². The molecule has 29 heavy (non-hydrogen) atoms. The van der Waals surface area contributed by atoms with Crippen molar-refractivity contribution in [1.29, 1.82) is 0 Å². The van der Waals surface area contributed by atoms with Gasteiger partial charge in [-0.15, -0.1) is 0 Å². The minimum Gasteiger partial charge on any atom is -0.545 e. The van der Waals surface area contributed by atoms with Crippen molar-refractivity contribution in [3.8, 4) is 0 Å². The normalized spacial score (nSPS) is 10.2. The number of carboxylic acids is 1. The number of aromatic carboxylic acids is 1. The summed E-state index contributed by atoms with van der Waals surface area (Å²) >= 11 is 5.85. The van der Waals surface area contributed by atoms with Crippen molar-refractivity contribution < 1.29 is 19.5 Å². The first-order chi connectivity index (χ1) is 13.9. The summed E-state index contributed by atoms with van der Waals surface area (Å²) in [6.07, 6.45) is 0.137. The van der Waals surface area contributed by atoms with Crippen molar-refractivity contribution in [3.05, 3.63) is 94.5 Å². The number of amides is 2. The van der Waals surface area contributed by atoms with Gasteiger partial charge < -0.3 is 20.5 Å². The summed E-state index contributed by atoms with van der Waals surface area (Å²) in [5, 5.41) is 16.8. The van der Waals surface area contributed by atoms with Crippen molar-refractivity contribution >= 4 is 40.8 Å². The number of anilines is 2. The van der Waals surface area contributed by atoms with E-state index in [0.717, 1.165) is 5.56 Å². The molecule has 0 spiro atoms. The highest BCUT2D eigenvalue weighted by atomic mass is 35.5. The average molecular weight is 408 g/mol. The van der Waals surface area contributed by atoms with Gasteiger partial charge in [0.25, 0.3) is 5.91 Å². The zero-order valence-electron chi connectivity index (χ0n) is 15.1. The quantitative estimate of drug-likeness (QED) is 0.655. The van der Waals surface area contributed by atoms with E-state index in [4.69, 9.17) is 11.6 Å². The highest BCUT2D eigenvalue weighted by Gasteiger charge is 2.14. The van der Waals surface area contributed by atoms with E-state index in [9.17, 15) is 19.5 Å². The zero-order valence-corrected chi connectivity index (χ0v) is 15.9. The van der Waals surface area contributed by atoms with Gasteiger partial charge >= 0.3 is 0 Å². The SMILES string of the molecule is O=C(Cc1ccc(Cl)cc1)Nc1ccccc1C(=O)Nc1ccc(C(=O)[O-])cc1. The molecule has 3 rings (SSSR count). The first kappa shape index (κ1) is 20.1. The first-order valence-electron chi connectivity index (χ1n) is 8.68. The van der Waals surface area contributed by atoms with Crippen molar-refractivity contribution in [2.45, 2.75) is 6.42 Å². The summed E-state index contributed by atoms with van der Waals surface area (Å²) in [5.41, 5.74) is 1.87. The van der Waals surface area contributed by atoms with Crippen molar-refractivity contribution in [2.24, 2.45) is 0 Å². The molecule has 0 aliphatic heterocycles. The van der Waals surface area contributed by atoms with Crippen LogP contribution in [0.3, 0.4) is 0 Å². The van der Waals surface area contributed by atoms with E-state index in [1.807, 2.05) is 0 Å². The molecular weight excluding hydrogens is 392 g/mol. The molecule has 0 saturated carbocycles. The van der Waals surface area contributed by atoms with E-state index >= 15 is 0 Å². The minimum atomic E-state index is -1.29. The maximum atomic E-state index is 12.6. The second kappa shape index (κ2) is 9.03. The van der Waals surface area contributed by atoms with Crippen LogP contribution in [0.15, 0.2) is 72.8 Å². The van der Waals surface area contributed by atoms with Crippen LogP contribution in [-0.4, -0.2) is 17.8 Å². The summed E-state index contributed by atoms with van der Waals surface area (Å²) in [7, 11) is 0. The van der Waals surface area contributed by atoms with Gasteiger partial charge in [-0.05, 0) is 47.5 Å². The van der Waals surface area contributed by atoms with Crippen LogP contribution in [0.25, 0.3) is 0 Å². The van der Waals surface area contributed by atoms with E-state index in [0.29, 0.717) is 16.4 Å². The molecule has 3 aromatic carbocycles. The number of carboxylic acid groups (broad SMARTS) is 1. The van der Waals surface area contributed by atoms with Gasteiger partial charge in [-0.3, -0.25) is 9.59 Å². The van der Waals surface area contributed by atoms with E-state index in [-0.39, 0.29) is 23.5 Å². The Balaban J connectivity index is 1.70. The van der Waals surface area contributed by atoms with Crippen LogP contribution in [0.2, 0.25) is 5.02 Å². The number of carbonyl (C=O) groups is 3. The van der Waals surface area contributed by atoms with Gasteiger partial charge in [-0.2, -0.15) is 0 Å². The van der Waals surface area contributed by atoms with Gasteiger partial charge in [-0.25, -0.2) is 0 Å². The van der Waals surface area contributed by atoms with Crippen LogP contribution in [0.4, 0.5) is 11.4 Å². The monoisotopic (exact) mass is 407 g/mol. The molecule has 0 fully saturated rings. The lowest BCUT2D eigenvalue weighted by atomic mass is 10.1. The number of carbonyl (C=O) groups excluding carboxylic acids is 3. The molecule has 0 unspecified atom stereocenters. The Morgan fingerprint density at radius 3 is 2.14 bits per heavy atom. The fourth-order valence-electron chi connectivity index (χ4n) is 2.66. The van der Waals surface area contributed by atoms with Gasteiger partial charge in [0.1, 0.15) is 0 Å². The largest absolute Gasteiger partial charge is 0.545 e. The molecule has 0 aromatic heterocycles. The maximum Gasteiger partial charge on any atom is 0.257 e.